The number of aromatic nitrogens is 1. The number of hydrogen-bond donors (Lipinski definition) is 1. The van der Waals surface area contributed by atoms with E-state index in [4.69, 9.17) is 4.74 Å². The van der Waals surface area contributed by atoms with Crippen molar-refractivity contribution in [2.45, 2.75) is 39.5 Å². The second-order valence-electron chi connectivity index (χ2n) is 5.52. The molecular weight excluding hydrogens is 346 g/mol. The molecule has 0 amide bonds. The predicted octanol–water partition coefficient (Wildman–Crippen LogP) is 4.24. The Morgan fingerprint density at radius 2 is 2.15 bits per heavy atom. The molecule has 0 aliphatic rings. The largest absolute Gasteiger partial charge is 0.466 e. The van der Waals surface area contributed by atoms with E-state index in [9.17, 15) is 4.79 Å². The van der Waals surface area contributed by atoms with Crippen LogP contribution in [-0.4, -0.2) is 23.8 Å². The Kier molecular flexibility index (Phi) is 8.37. The minimum Gasteiger partial charge on any atom is -0.466 e. The highest BCUT2D eigenvalue weighted by Crippen LogP contribution is 2.16. The lowest BCUT2D eigenvalue weighted by Gasteiger charge is -1.98. The molecule has 1 aromatic heterocycles. The van der Waals surface area contributed by atoms with Gasteiger partial charge in [-0.05, 0) is 31.0 Å². The van der Waals surface area contributed by atoms with Crippen molar-refractivity contribution in [3.63, 3.8) is 0 Å². The van der Waals surface area contributed by atoms with Crippen molar-refractivity contribution >= 4 is 28.7 Å². The molecule has 1 N–H and O–H groups in total. The van der Waals surface area contributed by atoms with Gasteiger partial charge in [-0.25, -0.2) is 4.98 Å². The molecule has 0 radical (unpaired) electrons. The van der Waals surface area contributed by atoms with Gasteiger partial charge in [-0.2, -0.15) is 5.10 Å². The van der Waals surface area contributed by atoms with Crippen LogP contribution in [0.4, 0.5) is 5.13 Å². The molecule has 26 heavy (non-hydrogen) atoms. The lowest BCUT2D eigenvalue weighted by molar-refractivity contribution is -0.142. The van der Waals surface area contributed by atoms with Crippen LogP contribution >= 0.6 is 11.3 Å². The smallest absolute Gasteiger partial charge is 0.311 e. The Balaban J connectivity index is 1.83. The van der Waals surface area contributed by atoms with Crippen molar-refractivity contribution in [3.05, 3.63) is 46.5 Å². The Hall–Kier alpha value is -2.65. The molecule has 6 heteroatoms. The number of hydrogen-bond acceptors (Lipinski definition) is 6. The van der Waals surface area contributed by atoms with Gasteiger partial charge in [-0.15, -0.1) is 11.3 Å². The van der Waals surface area contributed by atoms with Crippen molar-refractivity contribution in [2.24, 2.45) is 5.10 Å². The lowest BCUT2D eigenvalue weighted by Crippen LogP contribution is -2.07. The van der Waals surface area contributed by atoms with E-state index in [0.717, 1.165) is 24.0 Å². The molecule has 0 aliphatic carbocycles. The first kappa shape index (κ1) is 19.7. The quantitative estimate of drug-likeness (QED) is 0.249. The highest BCUT2D eigenvalue weighted by Gasteiger charge is 2.07. The third-order valence-electron chi connectivity index (χ3n) is 3.36. The zero-order chi connectivity index (χ0) is 18.6. The maximum absolute atomic E-state index is 11.4. The van der Waals surface area contributed by atoms with Gasteiger partial charge >= 0.3 is 5.97 Å². The van der Waals surface area contributed by atoms with E-state index < -0.39 is 0 Å². The van der Waals surface area contributed by atoms with Gasteiger partial charge in [-0.3, -0.25) is 10.2 Å². The second-order valence-corrected chi connectivity index (χ2v) is 6.38. The van der Waals surface area contributed by atoms with Gasteiger partial charge in [0, 0.05) is 17.4 Å². The van der Waals surface area contributed by atoms with Crippen LogP contribution < -0.4 is 5.43 Å². The fourth-order valence-electron chi connectivity index (χ4n) is 2.04. The number of nitrogens with one attached hydrogen (secondary N) is 1. The van der Waals surface area contributed by atoms with Gasteiger partial charge in [0.2, 0.25) is 5.13 Å². The zero-order valence-electron chi connectivity index (χ0n) is 15.1. The number of ether oxygens (including phenoxy) is 1. The maximum atomic E-state index is 11.4. The van der Waals surface area contributed by atoms with Crippen LogP contribution in [0.1, 0.15) is 49.9 Å². The van der Waals surface area contributed by atoms with Crippen LogP contribution in [0.2, 0.25) is 0 Å². The Morgan fingerprint density at radius 1 is 1.35 bits per heavy atom. The van der Waals surface area contributed by atoms with Gasteiger partial charge in [0.25, 0.3) is 0 Å². The summed E-state index contributed by atoms with van der Waals surface area (Å²) in [4.78, 5) is 15.7. The summed E-state index contributed by atoms with van der Waals surface area (Å²) in [6.45, 7) is 4.32. The standard InChI is InChI=1S/C20H23N3O2S/c1-3-5-6-7-8-16-9-11-17(12-10-16)14-21-23-20-22-18(15-26-20)13-19(24)25-4-2/h9-12,14-15H,3-6,13H2,1-2H3,(H,22,23). The molecule has 0 spiro atoms. The first-order valence-corrected chi connectivity index (χ1v) is 9.57. The van der Waals surface area contributed by atoms with E-state index in [1.807, 2.05) is 29.6 Å². The number of hydrazone groups is 1. The van der Waals surface area contributed by atoms with Gasteiger partial charge < -0.3 is 4.74 Å². The number of esters is 1. The Bertz CT molecular complexity index is 785. The van der Waals surface area contributed by atoms with Crippen LogP contribution in [-0.2, 0) is 16.0 Å². The summed E-state index contributed by atoms with van der Waals surface area (Å²) in [5, 5.41) is 6.64. The highest BCUT2D eigenvalue weighted by atomic mass is 32.1. The van der Waals surface area contributed by atoms with E-state index in [1.165, 1.54) is 17.8 Å². The molecule has 1 aromatic carbocycles. The van der Waals surface area contributed by atoms with Crippen molar-refractivity contribution in [2.75, 3.05) is 12.0 Å². The lowest BCUT2D eigenvalue weighted by atomic mass is 10.1. The Labute approximate surface area is 158 Å². The van der Waals surface area contributed by atoms with Crippen LogP contribution in [0.25, 0.3) is 0 Å². The molecular formula is C20H23N3O2S. The van der Waals surface area contributed by atoms with Crippen LogP contribution in [0.3, 0.4) is 0 Å². The molecule has 0 bridgehead atoms. The molecule has 0 unspecified atom stereocenters. The average molecular weight is 369 g/mol. The summed E-state index contributed by atoms with van der Waals surface area (Å²) in [5.41, 5.74) is 5.54. The van der Waals surface area contributed by atoms with Crippen LogP contribution in [0.5, 0.6) is 0 Å². The number of rotatable bonds is 8. The molecule has 1 heterocycles. The first-order chi connectivity index (χ1) is 12.7. The van der Waals surface area contributed by atoms with Crippen LogP contribution in [0, 0.1) is 11.8 Å². The minimum atomic E-state index is -0.272. The number of carbonyl (C=O) groups is 1. The van der Waals surface area contributed by atoms with E-state index in [-0.39, 0.29) is 12.4 Å². The van der Waals surface area contributed by atoms with Gasteiger partial charge in [-0.1, -0.05) is 37.3 Å². The van der Waals surface area contributed by atoms with E-state index in [1.54, 1.807) is 13.1 Å². The van der Waals surface area contributed by atoms with E-state index in [2.05, 4.69) is 34.3 Å². The summed E-state index contributed by atoms with van der Waals surface area (Å²) in [7, 11) is 0. The molecule has 136 valence electrons. The predicted molar refractivity (Wildman–Crippen MR) is 107 cm³/mol. The number of carbonyl (C=O) groups excluding carboxylic acids is 1. The summed E-state index contributed by atoms with van der Waals surface area (Å²) < 4.78 is 4.91. The summed E-state index contributed by atoms with van der Waals surface area (Å²) in [6, 6.07) is 7.92. The van der Waals surface area contributed by atoms with Crippen molar-refractivity contribution in [3.8, 4) is 11.8 Å². The SMILES string of the molecule is CCCCC#Cc1ccc(C=NNc2nc(CC(=O)OCC)cs2)cc1. The number of nitrogens with zero attached hydrogens (tertiary/aromatic N) is 2. The third kappa shape index (κ3) is 7.08. The van der Waals surface area contributed by atoms with E-state index >= 15 is 0 Å². The fourth-order valence-corrected chi connectivity index (χ4v) is 2.70. The molecule has 2 aromatic rings. The maximum Gasteiger partial charge on any atom is 0.311 e. The second kappa shape index (κ2) is 11.1. The van der Waals surface area contributed by atoms with Crippen LogP contribution in [0.15, 0.2) is 34.7 Å². The van der Waals surface area contributed by atoms with Gasteiger partial charge in [0.05, 0.1) is 24.9 Å². The number of thiazole rings is 1. The van der Waals surface area contributed by atoms with Crippen molar-refractivity contribution in [1.82, 2.24) is 4.98 Å². The molecule has 0 saturated carbocycles. The monoisotopic (exact) mass is 369 g/mol. The Morgan fingerprint density at radius 3 is 2.88 bits per heavy atom. The molecule has 2 rings (SSSR count). The number of benzene rings is 1. The average Bonchev–Trinajstić information content (AvgIpc) is 3.07. The van der Waals surface area contributed by atoms with Crippen molar-refractivity contribution in [1.29, 1.82) is 0 Å². The fraction of sp³-hybridized carbons (Fsp3) is 0.350. The molecule has 0 aliphatic heterocycles. The topological polar surface area (TPSA) is 63.6 Å². The zero-order valence-corrected chi connectivity index (χ0v) is 15.9. The first-order valence-electron chi connectivity index (χ1n) is 8.69. The van der Waals surface area contributed by atoms with Crippen molar-refractivity contribution < 1.29 is 9.53 Å². The summed E-state index contributed by atoms with van der Waals surface area (Å²) in [5.74, 6) is 6.06. The van der Waals surface area contributed by atoms with Gasteiger partial charge in [0.1, 0.15) is 0 Å². The van der Waals surface area contributed by atoms with E-state index in [0.29, 0.717) is 17.4 Å². The highest BCUT2D eigenvalue weighted by molar-refractivity contribution is 7.13. The molecule has 5 nitrogen and oxygen atoms in total. The molecule has 0 atom stereocenters. The van der Waals surface area contributed by atoms with Gasteiger partial charge in [0.15, 0.2) is 0 Å². The molecule has 0 fully saturated rings. The summed E-state index contributed by atoms with van der Waals surface area (Å²) in [6.07, 6.45) is 5.15. The normalized spacial score (nSPS) is 10.4. The number of anilines is 1. The minimum absolute atomic E-state index is 0.177. The third-order valence-corrected chi connectivity index (χ3v) is 4.15. The molecule has 0 saturated heterocycles. The number of unbranched alkanes of at least 4 members (excludes halogenated alkanes) is 2. The summed E-state index contributed by atoms with van der Waals surface area (Å²) >= 11 is 1.40.